The summed E-state index contributed by atoms with van der Waals surface area (Å²) in [4.78, 5) is 15.9. The average Bonchev–Trinajstić information content (AvgIpc) is 2.82. The number of urea groups is 1. The van der Waals surface area contributed by atoms with Gasteiger partial charge in [0.2, 0.25) is 0 Å². The van der Waals surface area contributed by atoms with Crippen LogP contribution in [0.4, 0.5) is 10.5 Å². The Hall–Kier alpha value is -1.35. The van der Waals surface area contributed by atoms with E-state index in [1.165, 1.54) is 0 Å². The second-order valence-corrected chi connectivity index (χ2v) is 8.71. The molecule has 7 nitrogen and oxygen atoms in total. The summed E-state index contributed by atoms with van der Waals surface area (Å²) in [6.07, 6.45) is -0.849. The monoisotopic (exact) mass is 373 g/mol. The molecule has 2 unspecified atom stereocenters. The molecular weight excluding hydrogens is 354 g/mol. The zero-order valence-corrected chi connectivity index (χ0v) is 14.6. The van der Waals surface area contributed by atoms with Gasteiger partial charge in [-0.25, -0.2) is 13.2 Å². The van der Waals surface area contributed by atoms with Crippen molar-refractivity contribution in [3.05, 3.63) is 29.3 Å². The average molecular weight is 374 g/mol. The summed E-state index contributed by atoms with van der Waals surface area (Å²) >= 11 is 6.03. The van der Waals surface area contributed by atoms with E-state index < -0.39 is 15.9 Å². The molecule has 2 aliphatic heterocycles. The van der Waals surface area contributed by atoms with Gasteiger partial charge in [-0.15, -0.1) is 0 Å². The van der Waals surface area contributed by atoms with E-state index in [-0.39, 0.29) is 23.6 Å². The van der Waals surface area contributed by atoms with E-state index in [9.17, 15) is 18.3 Å². The van der Waals surface area contributed by atoms with Gasteiger partial charge in [0.05, 0.1) is 34.4 Å². The smallest absolute Gasteiger partial charge is 0.321 e. The first-order chi connectivity index (χ1) is 11.4. The number of halogens is 1. The van der Waals surface area contributed by atoms with Gasteiger partial charge in [0.15, 0.2) is 9.84 Å². The maximum atomic E-state index is 12.3. The number of piperazine rings is 1. The molecule has 1 aromatic rings. The zero-order valence-electron chi connectivity index (χ0n) is 13.1. The predicted octanol–water partition coefficient (Wildman–Crippen LogP) is 0.647. The number of aliphatic hydroxyl groups is 1. The third-order valence-electron chi connectivity index (χ3n) is 4.48. The van der Waals surface area contributed by atoms with Gasteiger partial charge in [-0.05, 0) is 12.1 Å². The van der Waals surface area contributed by atoms with Crippen molar-refractivity contribution in [2.45, 2.75) is 12.1 Å². The highest BCUT2D eigenvalue weighted by molar-refractivity contribution is 7.91. The number of amides is 2. The molecule has 2 fully saturated rings. The van der Waals surface area contributed by atoms with Crippen LogP contribution in [-0.2, 0) is 9.84 Å². The number of carbonyl (C=O) groups excluding carboxylic acids is 1. The highest BCUT2D eigenvalue weighted by atomic mass is 35.5. The minimum absolute atomic E-state index is 0.0139. The van der Waals surface area contributed by atoms with Crippen molar-refractivity contribution in [2.24, 2.45) is 0 Å². The second kappa shape index (κ2) is 6.87. The molecule has 2 atom stereocenters. The summed E-state index contributed by atoms with van der Waals surface area (Å²) in [5.74, 6) is -0.190. The quantitative estimate of drug-likeness (QED) is 0.794. The molecule has 132 valence electrons. The van der Waals surface area contributed by atoms with Crippen molar-refractivity contribution >= 4 is 33.2 Å². The number of hydrogen-bond donors (Lipinski definition) is 2. The lowest BCUT2D eigenvalue weighted by molar-refractivity contribution is 0.0545. The fourth-order valence-corrected chi connectivity index (χ4v) is 5.19. The van der Waals surface area contributed by atoms with Gasteiger partial charge in [0.1, 0.15) is 0 Å². The minimum atomic E-state index is -3.17. The normalized spacial score (nSPS) is 27.2. The predicted molar refractivity (Wildman–Crippen MR) is 92.1 cm³/mol. The van der Waals surface area contributed by atoms with Crippen molar-refractivity contribution in [2.75, 3.05) is 43.0 Å². The minimum Gasteiger partial charge on any atom is -0.390 e. The van der Waals surface area contributed by atoms with Crippen LogP contribution in [0.2, 0.25) is 5.02 Å². The standard InChI is InChI=1S/C15H20ClN3O4S/c16-11-3-1-2-4-12(11)17-15(21)19-7-5-18(6-8-19)13-9-24(22,23)10-14(13)20/h1-4,13-14,20H,5-10H2,(H,17,21). The molecule has 2 amide bonds. The van der Waals surface area contributed by atoms with Crippen molar-refractivity contribution in [3.8, 4) is 0 Å². The number of anilines is 1. The van der Waals surface area contributed by atoms with Crippen LogP contribution in [-0.4, -0.2) is 79.2 Å². The van der Waals surface area contributed by atoms with Crippen molar-refractivity contribution in [3.63, 3.8) is 0 Å². The molecule has 2 N–H and O–H groups in total. The summed E-state index contributed by atoms with van der Waals surface area (Å²) < 4.78 is 23.3. The van der Waals surface area contributed by atoms with Crippen LogP contribution in [0.15, 0.2) is 24.3 Å². The Morgan fingerprint density at radius 2 is 1.83 bits per heavy atom. The van der Waals surface area contributed by atoms with E-state index in [1.807, 2.05) is 4.90 Å². The first-order valence-corrected chi connectivity index (χ1v) is 9.99. The van der Waals surface area contributed by atoms with E-state index in [1.54, 1.807) is 29.2 Å². The maximum Gasteiger partial charge on any atom is 0.321 e. The number of carbonyl (C=O) groups is 1. The molecule has 9 heteroatoms. The largest absolute Gasteiger partial charge is 0.390 e. The summed E-state index contributed by atoms with van der Waals surface area (Å²) in [5, 5.41) is 13.2. The lowest BCUT2D eigenvalue weighted by atomic mass is 10.1. The number of sulfone groups is 1. The van der Waals surface area contributed by atoms with Crippen LogP contribution < -0.4 is 5.32 Å². The van der Waals surface area contributed by atoms with Crippen LogP contribution in [0.1, 0.15) is 0 Å². The Balaban J connectivity index is 1.55. The number of rotatable bonds is 2. The summed E-state index contributed by atoms with van der Waals surface area (Å²) in [6, 6.07) is 6.41. The fraction of sp³-hybridized carbons (Fsp3) is 0.533. The van der Waals surface area contributed by atoms with Gasteiger partial charge in [-0.3, -0.25) is 4.90 Å². The lowest BCUT2D eigenvalue weighted by Crippen LogP contribution is -2.55. The third kappa shape index (κ3) is 3.83. The van der Waals surface area contributed by atoms with Crippen LogP contribution in [0.5, 0.6) is 0 Å². The summed E-state index contributed by atoms with van der Waals surface area (Å²) in [5.41, 5.74) is 0.559. The zero-order chi connectivity index (χ0) is 17.3. The van der Waals surface area contributed by atoms with Gasteiger partial charge in [0.25, 0.3) is 0 Å². The van der Waals surface area contributed by atoms with Crippen molar-refractivity contribution < 1.29 is 18.3 Å². The van der Waals surface area contributed by atoms with E-state index in [4.69, 9.17) is 11.6 Å². The summed E-state index contributed by atoms with van der Waals surface area (Å²) in [6.45, 7) is 2.01. The molecule has 0 spiro atoms. The van der Waals surface area contributed by atoms with Gasteiger partial charge < -0.3 is 15.3 Å². The van der Waals surface area contributed by atoms with Crippen LogP contribution in [0.3, 0.4) is 0 Å². The topological polar surface area (TPSA) is 90.0 Å². The lowest BCUT2D eigenvalue weighted by Gasteiger charge is -2.38. The molecule has 1 aromatic carbocycles. The molecule has 2 heterocycles. The molecule has 0 aromatic heterocycles. The molecule has 0 saturated carbocycles. The SMILES string of the molecule is O=C(Nc1ccccc1Cl)N1CCN(C2CS(=O)(=O)CC2O)CC1. The Morgan fingerprint density at radius 1 is 1.17 bits per heavy atom. The van der Waals surface area contributed by atoms with Crippen molar-refractivity contribution in [1.29, 1.82) is 0 Å². The first-order valence-electron chi connectivity index (χ1n) is 7.79. The van der Waals surface area contributed by atoms with Gasteiger partial charge >= 0.3 is 6.03 Å². The molecule has 0 radical (unpaired) electrons. The fourth-order valence-electron chi connectivity index (χ4n) is 3.17. The maximum absolute atomic E-state index is 12.3. The number of aliphatic hydroxyl groups excluding tert-OH is 1. The Morgan fingerprint density at radius 3 is 2.42 bits per heavy atom. The first kappa shape index (κ1) is 17.5. The molecule has 3 rings (SSSR count). The van der Waals surface area contributed by atoms with E-state index in [0.717, 1.165) is 0 Å². The number of hydrogen-bond acceptors (Lipinski definition) is 5. The number of nitrogens with one attached hydrogen (secondary N) is 1. The Kier molecular flexibility index (Phi) is 5.00. The molecular formula is C15H20ClN3O4S. The molecule has 24 heavy (non-hydrogen) atoms. The third-order valence-corrected chi connectivity index (χ3v) is 6.51. The highest BCUT2D eigenvalue weighted by Gasteiger charge is 2.41. The van der Waals surface area contributed by atoms with E-state index in [2.05, 4.69) is 5.32 Å². The highest BCUT2D eigenvalue weighted by Crippen LogP contribution is 2.22. The second-order valence-electron chi connectivity index (χ2n) is 6.14. The number of benzene rings is 1. The van der Waals surface area contributed by atoms with Gasteiger partial charge in [0, 0.05) is 26.2 Å². The number of para-hydroxylation sites is 1. The van der Waals surface area contributed by atoms with E-state index in [0.29, 0.717) is 36.9 Å². The van der Waals surface area contributed by atoms with Crippen LogP contribution >= 0.6 is 11.6 Å². The molecule has 0 aliphatic carbocycles. The van der Waals surface area contributed by atoms with Gasteiger partial charge in [-0.1, -0.05) is 23.7 Å². The molecule has 2 aliphatic rings. The van der Waals surface area contributed by atoms with Gasteiger partial charge in [-0.2, -0.15) is 0 Å². The van der Waals surface area contributed by atoms with Crippen molar-refractivity contribution in [1.82, 2.24) is 9.80 Å². The van der Waals surface area contributed by atoms with Crippen LogP contribution in [0, 0.1) is 0 Å². The molecule has 2 saturated heterocycles. The van der Waals surface area contributed by atoms with Crippen LogP contribution in [0.25, 0.3) is 0 Å². The molecule has 0 bridgehead atoms. The Bertz CT molecular complexity index is 719. The summed E-state index contributed by atoms with van der Waals surface area (Å²) in [7, 11) is -3.17. The Labute approximate surface area is 146 Å². The van der Waals surface area contributed by atoms with E-state index >= 15 is 0 Å². The number of nitrogens with zero attached hydrogens (tertiary/aromatic N) is 2.